The molecule has 6 rings (SSSR count). The Balaban J connectivity index is 1.12. The molecule has 194 valence electrons. The van der Waals surface area contributed by atoms with Crippen LogP contribution in [-0.4, -0.2) is 58.7 Å². The van der Waals surface area contributed by atoms with Crippen LogP contribution in [0.5, 0.6) is 5.75 Å². The predicted octanol–water partition coefficient (Wildman–Crippen LogP) is 3.10. The summed E-state index contributed by atoms with van der Waals surface area (Å²) < 4.78 is 8.03. The Hall–Kier alpha value is -3.07. The molecule has 1 N–H and O–H groups in total. The van der Waals surface area contributed by atoms with Crippen molar-refractivity contribution in [3.8, 4) is 5.75 Å². The zero-order valence-corrected chi connectivity index (χ0v) is 21.4. The van der Waals surface area contributed by atoms with Crippen LogP contribution in [0.15, 0.2) is 62.5 Å². The summed E-state index contributed by atoms with van der Waals surface area (Å²) in [5, 5.41) is 11.2. The summed E-state index contributed by atoms with van der Waals surface area (Å²) in [6.45, 7) is 6.57. The van der Waals surface area contributed by atoms with Crippen LogP contribution in [-0.2, 0) is 19.6 Å². The molecule has 2 fully saturated rings. The maximum absolute atomic E-state index is 12.6. The molecular formula is C28H31ClN4O4. The highest BCUT2D eigenvalue weighted by Crippen LogP contribution is 2.35. The number of benzene rings is 1. The number of hydrogen-bond acceptors (Lipinski definition) is 7. The van der Waals surface area contributed by atoms with Crippen molar-refractivity contribution in [2.45, 2.75) is 32.0 Å². The van der Waals surface area contributed by atoms with Crippen molar-refractivity contribution in [1.82, 2.24) is 14.4 Å². The molecule has 0 amide bonds. The van der Waals surface area contributed by atoms with Gasteiger partial charge in [0.15, 0.2) is 5.76 Å². The number of rotatable bonds is 5. The van der Waals surface area contributed by atoms with E-state index in [2.05, 4.69) is 20.8 Å². The summed E-state index contributed by atoms with van der Waals surface area (Å²) in [5.41, 5.74) is 1.91. The van der Waals surface area contributed by atoms with Crippen LogP contribution in [0.1, 0.15) is 29.6 Å². The minimum atomic E-state index is -0.398. The molecule has 9 heteroatoms. The van der Waals surface area contributed by atoms with Crippen molar-refractivity contribution in [2.24, 2.45) is 5.92 Å². The van der Waals surface area contributed by atoms with Crippen LogP contribution in [0.25, 0.3) is 0 Å². The second-order valence-corrected chi connectivity index (χ2v) is 10.9. The lowest BCUT2D eigenvalue weighted by molar-refractivity contribution is 0.105. The number of aromatic hydroxyl groups is 1. The Morgan fingerprint density at radius 2 is 1.70 bits per heavy atom. The normalized spacial score (nSPS) is 22.1. The average molecular weight is 523 g/mol. The lowest BCUT2D eigenvalue weighted by Crippen LogP contribution is -2.46. The second-order valence-electron chi connectivity index (χ2n) is 10.5. The van der Waals surface area contributed by atoms with Gasteiger partial charge in [-0.3, -0.25) is 19.4 Å². The molecule has 0 spiro atoms. The number of halogens is 1. The van der Waals surface area contributed by atoms with E-state index in [1.165, 1.54) is 6.07 Å². The first kappa shape index (κ1) is 24.3. The SMILES string of the molecule is O=c1cc(CN2C[C@@H]3C[C@H](C2)c2cccc(=O)n2C3)oc(CN2CCN(c3ccc(Cl)cc3)CC2)c1O. The number of fused-ring (bicyclic) bond motifs is 4. The highest BCUT2D eigenvalue weighted by atomic mass is 35.5. The molecule has 5 heterocycles. The van der Waals surface area contributed by atoms with Crippen LogP contribution in [0.3, 0.4) is 0 Å². The first-order valence-corrected chi connectivity index (χ1v) is 13.3. The number of piperazine rings is 1. The summed E-state index contributed by atoms with van der Waals surface area (Å²) in [6.07, 6.45) is 1.08. The molecule has 1 aromatic carbocycles. The Kier molecular flexibility index (Phi) is 6.56. The van der Waals surface area contributed by atoms with Gasteiger partial charge in [0.25, 0.3) is 5.56 Å². The average Bonchev–Trinajstić information content (AvgIpc) is 2.89. The van der Waals surface area contributed by atoms with Gasteiger partial charge in [-0.15, -0.1) is 0 Å². The highest BCUT2D eigenvalue weighted by Gasteiger charge is 2.34. The molecule has 0 aliphatic carbocycles. The molecule has 2 saturated heterocycles. The number of likely N-dealkylation sites (tertiary alicyclic amines) is 1. The molecular weight excluding hydrogens is 492 g/mol. The second kappa shape index (κ2) is 10.0. The third kappa shape index (κ3) is 5.06. The Morgan fingerprint density at radius 3 is 2.49 bits per heavy atom. The molecule has 2 atom stereocenters. The number of pyridine rings is 1. The molecule has 0 unspecified atom stereocenters. The van der Waals surface area contributed by atoms with Crippen LogP contribution in [0, 0.1) is 5.92 Å². The summed E-state index contributed by atoms with van der Waals surface area (Å²) in [5.74, 6) is 1.29. The van der Waals surface area contributed by atoms with Gasteiger partial charge < -0.3 is 19.0 Å². The highest BCUT2D eigenvalue weighted by molar-refractivity contribution is 6.30. The van der Waals surface area contributed by atoms with Crippen molar-refractivity contribution in [2.75, 3.05) is 44.2 Å². The van der Waals surface area contributed by atoms with Gasteiger partial charge in [-0.2, -0.15) is 0 Å². The van der Waals surface area contributed by atoms with Crippen LogP contribution in [0.2, 0.25) is 5.02 Å². The van der Waals surface area contributed by atoms with Gasteiger partial charge >= 0.3 is 0 Å². The first-order chi connectivity index (χ1) is 17.9. The molecule has 8 nitrogen and oxygen atoms in total. The van der Waals surface area contributed by atoms with E-state index in [9.17, 15) is 14.7 Å². The quantitative estimate of drug-likeness (QED) is 0.551. The molecule has 37 heavy (non-hydrogen) atoms. The number of nitrogens with zero attached hydrogens (tertiary/aromatic N) is 4. The Morgan fingerprint density at radius 1 is 0.919 bits per heavy atom. The third-order valence-corrected chi connectivity index (χ3v) is 8.16. The van der Waals surface area contributed by atoms with E-state index >= 15 is 0 Å². The van der Waals surface area contributed by atoms with Gasteiger partial charge in [0.05, 0.1) is 13.1 Å². The fourth-order valence-electron chi connectivity index (χ4n) is 6.14. The molecule has 0 radical (unpaired) electrons. The molecule has 2 bridgehead atoms. The maximum Gasteiger partial charge on any atom is 0.250 e. The van der Waals surface area contributed by atoms with E-state index in [-0.39, 0.29) is 11.3 Å². The number of anilines is 1. The largest absolute Gasteiger partial charge is 0.502 e. The molecule has 0 saturated carbocycles. The van der Waals surface area contributed by atoms with Gasteiger partial charge in [0.2, 0.25) is 11.2 Å². The lowest BCUT2D eigenvalue weighted by atomic mass is 9.83. The predicted molar refractivity (Wildman–Crippen MR) is 142 cm³/mol. The van der Waals surface area contributed by atoms with Crippen molar-refractivity contribution >= 4 is 17.3 Å². The molecule has 3 aliphatic rings. The summed E-state index contributed by atoms with van der Waals surface area (Å²) in [6, 6.07) is 14.8. The van der Waals surface area contributed by atoms with Gasteiger partial charge in [-0.1, -0.05) is 17.7 Å². The lowest BCUT2D eigenvalue weighted by Gasteiger charge is -2.42. The van der Waals surface area contributed by atoms with Gasteiger partial charge in [0.1, 0.15) is 5.76 Å². The van der Waals surface area contributed by atoms with E-state index < -0.39 is 5.43 Å². The van der Waals surface area contributed by atoms with E-state index in [1.54, 1.807) is 6.07 Å². The van der Waals surface area contributed by atoms with Crippen molar-refractivity contribution < 1.29 is 9.52 Å². The van der Waals surface area contributed by atoms with E-state index in [4.69, 9.17) is 16.0 Å². The Labute approximate surface area is 220 Å². The van der Waals surface area contributed by atoms with Crippen LogP contribution >= 0.6 is 11.6 Å². The number of hydrogen-bond donors (Lipinski definition) is 1. The van der Waals surface area contributed by atoms with Crippen molar-refractivity contribution in [3.05, 3.63) is 91.3 Å². The molecule has 3 aromatic rings. The standard InChI is InChI=1S/C28H31ClN4O4/c29-21-4-6-22(7-5-21)32-10-8-30(9-11-32)18-26-28(36)25(34)13-23(37-26)17-31-14-19-12-20(16-31)24-2-1-3-27(35)33(24)15-19/h1-7,13,19-20,36H,8-12,14-18H2/t19-,20+/m0/s1. The first-order valence-electron chi connectivity index (χ1n) is 12.9. The van der Waals surface area contributed by atoms with Gasteiger partial charge in [0, 0.05) is 80.3 Å². The molecule has 3 aliphatic heterocycles. The van der Waals surface area contributed by atoms with E-state index in [1.807, 2.05) is 34.9 Å². The summed E-state index contributed by atoms with van der Waals surface area (Å²) in [4.78, 5) is 31.7. The Bertz CT molecular complexity index is 1390. The van der Waals surface area contributed by atoms with E-state index in [0.29, 0.717) is 36.4 Å². The maximum atomic E-state index is 12.6. The number of piperidine rings is 1. The monoisotopic (exact) mass is 522 g/mol. The smallest absolute Gasteiger partial charge is 0.250 e. The van der Waals surface area contributed by atoms with Crippen LogP contribution in [0.4, 0.5) is 5.69 Å². The van der Waals surface area contributed by atoms with Gasteiger partial charge in [-0.05, 0) is 42.7 Å². The fourth-order valence-corrected chi connectivity index (χ4v) is 6.26. The minimum Gasteiger partial charge on any atom is -0.502 e. The van der Waals surface area contributed by atoms with Crippen molar-refractivity contribution in [1.29, 1.82) is 0 Å². The van der Waals surface area contributed by atoms with Crippen molar-refractivity contribution in [3.63, 3.8) is 0 Å². The topological polar surface area (TPSA) is 82.2 Å². The van der Waals surface area contributed by atoms with Gasteiger partial charge in [-0.25, -0.2) is 0 Å². The van der Waals surface area contributed by atoms with Crippen LogP contribution < -0.4 is 15.9 Å². The third-order valence-electron chi connectivity index (χ3n) is 7.91. The zero-order valence-electron chi connectivity index (χ0n) is 20.7. The summed E-state index contributed by atoms with van der Waals surface area (Å²) >= 11 is 6.01. The summed E-state index contributed by atoms with van der Waals surface area (Å²) in [7, 11) is 0. The number of aromatic nitrogens is 1. The molecule has 2 aromatic heterocycles. The van der Waals surface area contributed by atoms with E-state index in [0.717, 1.165) is 68.6 Å². The fraction of sp³-hybridized carbons (Fsp3) is 0.429. The zero-order chi connectivity index (χ0) is 25.5. The minimum absolute atomic E-state index is 0.0730.